The van der Waals surface area contributed by atoms with Crippen molar-refractivity contribution in [1.29, 1.82) is 0 Å². The average molecular weight is 216 g/mol. The molecule has 2 atom stereocenters. The smallest absolute Gasteiger partial charge is 0.330 e. The Bertz CT molecular complexity index is 263. The van der Waals surface area contributed by atoms with Gasteiger partial charge in [0.05, 0.1) is 12.5 Å². The number of nitrogens with zero attached hydrogens (tertiary/aromatic N) is 2. The molecule has 0 aliphatic rings. The fraction of sp³-hybridized carbons (Fsp3) is 0.778. The molecule has 15 heavy (non-hydrogen) atoms. The zero-order valence-corrected chi connectivity index (χ0v) is 9.04. The first-order valence-electron chi connectivity index (χ1n) is 4.69. The molecule has 2 N–H and O–H groups in total. The lowest BCUT2D eigenvalue weighted by atomic mass is 10.1. The summed E-state index contributed by atoms with van der Waals surface area (Å²) < 4.78 is 0. The van der Waals surface area contributed by atoms with E-state index >= 15 is 0 Å². The van der Waals surface area contributed by atoms with Gasteiger partial charge in [0.2, 0.25) is 0 Å². The molecule has 0 radical (unpaired) electrons. The molecule has 0 spiro atoms. The number of hydrogen-bond acceptors (Lipinski definition) is 4. The van der Waals surface area contributed by atoms with Crippen molar-refractivity contribution in [3.63, 3.8) is 0 Å². The van der Waals surface area contributed by atoms with E-state index in [9.17, 15) is 9.59 Å². The zero-order chi connectivity index (χ0) is 12.0. The molecule has 0 bridgehead atoms. The third-order valence-corrected chi connectivity index (χ3v) is 1.74. The Morgan fingerprint density at radius 1 is 1.13 bits per heavy atom. The molecule has 0 saturated carbocycles. The van der Waals surface area contributed by atoms with Gasteiger partial charge in [-0.05, 0) is 12.8 Å². The van der Waals surface area contributed by atoms with Crippen LogP contribution in [-0.4, -0.2) is 34.2 Å². The standard InChI is InChI=1S/C9H16N2O4/c1-5(2)8(9(14)15)11-10-6(3)4-7(12)13/h5-6,8H,4H2,1-3H3,(H,12,13)(H,14,15). The zero-order valence-electron chi connectivity index (χ0n) is 9.04. The van der Waals surface area contributed by atoms with E-state index in [1.165, 1.54) is 0 Å². The van der Waals surface area contributed by atoms with Crippen LogP contribution in [0, 0.1) is 5.92 Å². The second kappa shape index (κ2) is 6.10. The topological polar surface area (TPSA) is 99.3 Å². The molecule has 0 amide bonds. The van der Waals surface area contributed by atoms with Crippen LogP contribution < -0.4 is 0 Å². The highest BCUT2D eigenvalue weighted by Crippen LogP contribution is 2.09. The van der Waals surface area contributed by atoms with Gasteiger partial charge in [-0.3, -0.25) is 4.79 Å². The summed E-state index contributed by atoms with van der Waals surface area (Å²) >= 11 is 0. The minimum Gasteiger partial charge on any atom is -0.481 e. The Morgan fingerprint density at radius 2 is 1.67 bits per heavy atom. The Kier molecular flexibility index (Phi) is 5.51. The summed E-state index contributed by atoms with van der Waals surface area (Å²) in [6.07, 6.45) is -0.145. The normalized spacial score (nSPS) is 15.5. The van der Waals surface area contributed by atoms with Gasteiger partial charge in [-0.1, -0.05) is 13.8 Å². The predicted octanol–water partition coefficient (Wildman–Crippen LogP) is 1.41. The maximum atomic E-state index is 10.7. The largest absolute Gasteiger partial charge is 0.481 e. The third kappa shape index (κ3) is 5.77. The molecule has 0 fully saturated rings. The molecular formula is C9H16N2O4. The van der Waals surface area contributed by atoms with Gasteiger partial charge in [-0.2, -0.15) is 10.2 Å². The van der Waals surface area contributed by atoms with E-state index in [-0.39, 0.29) is 12.3 Å². The number of carbonyl (C=O) groups is 2. The molecule has 6 heteroatoms. The summed E-state index contributed by atoms with van der Waals surface area (Å²) in [6, 6.07) is -1.40. The number of hydrogen-bond donors (Lipinski definition) is 2. The average Bonchev–Trinajstić information content (AvgIpc) is 2.00. The van der Waals surface area contributed by atoms with E-state index in [4.69, 9.17) is 10.2 Å². The summed E-state index contributed by atoms with van der Waals surface area (Å²) in [4.78, 5) is 21.0. The molecule has 0 aromatic heterocycles. The fourth-order valence-electron chi connectivity index (χ4n) is 0.947. The first-order valence-corrected chi connectivity index (χ1v) is 4.69. The summed E-state index contributed by atoms with van der Waals surface area (Å²) in [5.74, 6) is -2.18. The van der Waals surface area contributed by atoms with E-state index in [1.807, 2.05) is 0 Å². The molecule has 0 aromatic carbocycles. The van der Waals surface area contributed by atoms with E-state index in [0.717, 1.165) is 0 Å². The second-order valence-electron chi connectivity index (χ2n) is 3.70. The Morgan fingerprint density at radius 3 is 2.00 bits per heavy atom. The van der Waals surface area contributed by atoms with Crippen molar-refractivity contribution in [2.24, 2.45) is 16.1 Å². The van der Waals surface area contributed by atoms with Crippen molar-refractivity contribution in [2.45, 2.75) is 39.3 Å². The van der Waals surface area contributed by atoms with E-state index in [0.29, 0.717) is 0 Å². The predicted molar refractivity (Wildman–Crippen MR) is 52.8 cm³/mol. The van der Waals surface area contributed by atoms with Gasteiger partial charge in [0.25, 0.3) is 0 Å². The second-order valence-corrected chi connectivity index (χ2v) is 3.70. The molecule has 2 unspecified atom stereocenters. The van der Waals surface area contributed by atoms with Crippen LogP contribution in [0.15, 0.2) is 10.2 Å². The number of aliphatic carboxylic acids is 2. The number of carboxylic acid groups (broad SMARTS) is 2. The highest BCUT2D eigenvalue weighted by atomic mass is 16.4. The van der Waals surface area contributed by atoms with Crippen LogP contribution in [0.25, 0.3) is 0 Å². The lowest BCUT2D eigenvalue weighted by molar-refractivity contribution is -0.139. The first kappa shape index (κ1) is 13.5. The van der Waals surface area contributed by atoms with Gasteiger partial charge in [0.1, 0.15) is 0 Å². The fourth-order valence-corrected chi connectivity index (χ4v) is 0.947. The van der Waals surface area contributed by atoms with E-state index < -0.39 is 24.0 Å². The molecule has 0 aliphatic carbocycles. The SMILES string of the molecule is CC(CC(=O)O)N=NC(C(=O)O)C(C)C. The van der Waals surface area contributed by atoms with Crippen LogP contribution in [0.4, 0.5) is 0 Å². The summed E-state index contributed by atoms with van der Waals surface area (Å²) in [5.41, 5.74) is 0. The van der Waals surface area contributed by atoms with Crippen molar-refractivity contribution < 1.29 is 19.8 Å². The van der Waals surface area contributed by atoms with Gasteiger partial charge in [0.15, 0.2) is 6.04 Å². The molecular weight excluding hydrogens is 200 g/mol. The lowest BCUT2D eigenvalue weighted by Gasteiger charge is -2.10. The van der Waals surface area contributed by atoms with Crippen LogP contribution in [-0.2, 0) is 9.59 Å². The molecule has 0 heterocycles. The molecule has 6 nitrogen and oxygen atoms in total. The van der Waals surface area contributed by atoms with Crippen LogP contribution in [0.5, 0.6) is 0 Å². The van der Waals surface area contributed by atoms with E-state index in [2.05, 4.69) is 10.2 Å². The summed E-state index contributed by atoms with van der Waals surface area (Å²) in [5, 5.41) is 24.5. The number of azo groups is 1. The van der Waals surface area contributed by atoms with Crippen molar-refractivity contribution in [2.75, 3.05) is 0 Å². The van der Waals surface area contributed by atoms with Crippen LogP contribution >= 0.6 is 0 Å². The van der Waals surface area contributed by atoms with E-state index in [1.54, 1.807) is 20.8 Å². The maximum Gasteiger partial charge on any atom is 0.330 e. The molecule has 0 aliphatic heterocycles. The van der Waals surface area contributed by atoms with Crippen molar-refractivity contribution in [1.82, 2.24) is 0 Å². The highest BCUT2D eigenvalue weighted by molar-refractivity contribution is 5.73. The minimum atomic E-state index is -1.05. The molecule has 0 rings (SSSR count). The van der Waals surface area contributed by atoms with Crippen molar-refractivity contribution in [3.05, 3.63) is 0 Å². The van der Waals surface area contributed by atoms with Gasteiger partial charge < -0.3 is 10.2 Å². The molecule has 0 aromatic rings. The number of rotatable bonds is 6. The van der Waals surface area contributed by atoms with Crippen LogP contribution in [0.3, 0.4) is 0 Å². The summed E-state index contributed by atoms with van der Waals surface area (Å²) in [7, 11) is 0. The molecule has 86 valence electrons. The van der Waals surface area contributed by atoms with Crippen molar-refractivity contribution in [3.8, 4) is 0 Å². The van der Waals surface area contributed by atoms with Gasteiger partial charge in [-0.15, -0.1) is 0 Å². The number of carboxylic acids is 2. The Hall–Kier alpha value is -1.46. The minimum absolute atomic E-state index is 0.145. The van der Waals surface area contributed by atoms with Crippen LogP contribution in [0.2, 0.25) is 0 Å². The quantitative estimate of drug-likeness (QED) is 0.655. The van der Waals surface area contributed by atoms with Crippen molar-refractivity contribution >= 4 is 11.9 Å². The van der Waals surface area contributed by atoms with Crippen LogP contribution in [0.1, 0.15) is 27.2 Å². The lowest BCUT2D eigenvalue weighted by Crippen LogP contribution is -2.24. The third-order valence-electron chi connectivity index (χ3n) is 1.74. The van der Waals surface area contributed by atoms with Gasteiger partial charge in [0, 0.05) is 0 Å². The van der Waals surface area contributed by atoms with Gasteiger partial charge in [-0.25, -0.2) is 4.79 Å². The first-order chi connectivity index (χ1) is 6.84. The monoisotopic (exact) mass is 216 g/mol. The summed E-state index contributed by atoms with van der Waals surface area (Å²) in [6.45, 7) is 5.02. The Labute approximate surface area is 88.0 Å². The maximum absolute atomic E-state index is 10.7. The molecule has 0 saturated heterocycles. The Balaban J connectivity index is 4.33. The highest BCUT2D eigenvalue weighted by Gasteiger charge is 2.21. The van der Waals surface area contributed by atoms with Gasteiger partial charge >= 0.3 is 11.9 Å².